The minimum Gasteiger partial charge on any atom is -0.481 e. The van der Waals surface area contributed by atoms with Crippen LogP contribution >= 0.6 is 23.2 Å². The molecule has 1 heterocycles. The molecule has 2 aliphatic carbocycles. The number of likely N-dealkylation sites (tertiary alicyclic amines) is 1. The lowest BCUT2D eigenvalue weighted by Gasteiger charge is -2.49. The number of carboxylic acid groups (broad SMARTS) is 1. The lowest BCUT2D eigenvalue weighted by Crippen LogP contribution is -2.56. The van der Waals surface area contributed by atoms with E-state index in [1.54, 1.807) is 30.1 Å². The Morgan fingerprint density at radius 2 is 1.79 bits per heavy atom. The van der Waals surface area contributed by atoms with Crippen LogP contribution in [0.5, 0.6) is 0 Å². The molecule has 1 N–H and O–H groups in total. The summed E-state index contributed by atoms with van der Waals surface area (Å²) in [5.74, 6) is -2.20. The van der Waals surface area contributed by atoms with Crippen molar-refractivity contribution >= 4 is 45.1 Å². The summed E-state index contributed by atoms with van der Waals surface area (Å²) >= 11 is 12.6. The van der Waals surface area contributed by atoms with E-state index >= 15 is 0 Å². The van der Waals surface area contributed by atoms with Gasteiger partial charge in [0.05, 0.1) is 22.6 Å². The number of hydrogen-bond donors (Lipinski definition) is 1. The molecular weight excluding hydrogens is 547 g/mol. The lowest BCUT2D eigenvalue weighted by atomic mass is 9.72. The number of sulfonamides is 1. The van der Waals surface area contributed by atoms with Crippen LogP contribution in [-0.2, 0) is 19.6 Å². The zero-order valence-corrected chi connectivity index (χ0v) is 23.7. The van der Waals surface area contributed by atoms with Gasteiger partial charge in [0.2, 0.25) is 15.9 Å². The van der Waals surface area contributed by atoms with Crippen LogP contribution in [-0.4, -0.2) is 59.5 Å². The van der Waals surface area contributed by atoms with Crippen molar-refractivity contribution in [2.45, 2.75) is 62.3 Å². The molecule has 0 radical (unpaired) electrons. The first-order valence-corrected chi connectivity index (χ1v) is 15.3. The van der Waals surface area contributed by atoms with Gasteiger partial charge < -0.3 is 10.0 Å². The maximum atomic E-state index is 14.3. The molecule has 1 saturated heterocycles. The van der Waals surface area contributed by atoms with Gasteiger partial charge in [0.15, 0.2) is 0 Å². The third-order valence-electron chi connectivity index (χ3n) is 8.50. The van der Waals surface area contributed by atoms with E-state index in [2.05, 4.69) is 0 Å². The van der Waals surface area contributed by atoms with E-state index in [1.165, 1.54) is 4.31 Å². The molecule has 3 fully saturated rings. The number of carboxylic acids is 1. The van der Waals surface area contributed by atoms with Gasteiger partial charge in [-0.05, 0) is 67.5 Å². The first-order chi connectivity index (χ1) is 18.0. The van der Waals surface area contributed by atoms with E-state index < -0.39 is 39.4 Å². The zero-order valence-electron chi connectivity index (χ0n) is 21.4. The average Bonchev–Trinajstić information content (AvgIpc) is 3.80. The standard InChI is InChI=1S/C28H32Cl2N2O5S/c1-3-21(16-31(2)38(36,37)22-11-12-22)32-25(17-7-9-19(29)10-8-17)23(18-5-4-6-20(30)13-18)14-28(27(32)35)15-24(28)26(33)34/h4-10,13,21-25H,3,11-12,14-16H2,1-2H3,(H,33,34)/t21?,23-,24+,25?,28?/m1/s1. The fourth-order valence-corrected chi connectivity index (χ4v) is 8.12. The van der Waals surface area contributed by atoms with Gasteiger partial charge in [-0.1, -0.05) is 54.4 Å². The van der Waals surface area contributed by atoms with Gasteiger partial charge in [-0.25, -0.2) is 12.7 Å². The summed E-state index contributed by atoms with van der Waals surface area (Å²) in [6.45, 7) is 2.08. The largest absolute Gasteiger partial charge is 0.481 e. The number of halogens is 2. The third-order valence-corrected chi connectivity index (χ3v) is 11.3. The number of piperidine rings is 1. The first kappa shape index (κ1) is 27.4. The number of rotatable bonds is 9. The Balaban J connectivity index is 1.63. The molecule has 2 aromatic rings. The second-order valence-corrected chi connectivity index (χ2v) is 14.1. The monoisotopic (exact) mass is 578 g/mol. The van der Waals surface area contributed by atoms with Crippen molar-refractivity contribution in [3.8, 4) is 0 Å². The molecule has 1 amide bonds. The molecule has 38 heavy (non-hydrogen) atoms. The summed E-state index contributed by atoms with van der Waals surface area (Å²) in [7, 11) is -1.88. The van der Waals surface area contributed by atoms with E-state index in [9.17, 15) is 23.1 Å². The van der Waals surface area contributed by atoms with Gasteiger partial charge in [0, 0.05) is 35.6 Å². The Kier molecular flexibility index (Phi) is 7.31. The van der Waals surface area contributed by atoms with Gasteiger partial charge in [-0.2, -0.15) is 0 Å². The SMILES string of the molecule is CCC(CN(C)S(=O)(=O)C1CC1)N1C(=O)C2(C[C@H](c3cccc(Cl)c3)C1c1ccc(Cl)cc1)C[C@H]2C(=O)O. The molecule has 5 rings (SSSR count). The maximum Gasteiger partial charge on any atom is 0.307 e. The fourth-order valence-electron chi connectivity index (χ4n) is 6.18. The van der Waals surface area contributed by atoms with Gasteiger partial charge in [0.1, 0.15) is 0 Å². The van der Waals surface area contributed by atoms with Crippen LogP contribution in [0, 0.1) is 11.3 Å². The smallest absolute Gasteiger partial charge is 0.307 e. The Hall–Kier alpha value is -2.13. The molecule has 10 heteroatoms. The van der Waals surface area contributed by atoms with Crippen molar-refractivity contribution in [2.75, 3.05) is 13.6 Å². The van der Waals surface area contributed by atoms with E-state index in [1.807, 2.05) is 37.3 Å². The molecule has 3 unspecified atom stereocenters. The minimum absolute atomic E-state index is 0.140. The van der Waals surface area contributed by atoms with Crippen LogP contribution in [0.25, 0.3) is 0 Å². The highest BCUT2D eigenvalue weighted by Gasteiger charge is 2.69. The topological polar surface area (TPSA) is 95.0 Å². The number of likely N-dealkylation sites (N-methyl/N-ethyl adjacent to an activating group) is 1. The second-order valence-electron chi connectivity index (χ2n) is 10.9. The molecule has 1 spiro atoms. The predicted molar refractivity (Wildman–Crippen MR) is 147 cm³/mol. The summed E-state index contributed by atoms with van der Waals surface area (Å²) in [6.07, 6.45) is 2.46. The quantitative estimate of drug-likeness (QED) is 0.433. The van der Waals surface area contributed by atoms with Gasteiger partial charge in [0.25, 0.3) is 0 Å². The molecule has 2 saturated carbocycles. The number of hydrogen-bond acceptors (Lipinski definition) is 4. The number of carbonyl (C=O) groups excluding carboxylic acids is 1. The number of aliphatic carboxylic acids is 1. The van der Waals surface area contributed by atoms with Crippen LogP contribution in [0.2, 0.25) is 10.0 Å². The molecule has 204 valence electrons. The van der Waals surface area contributed by atoms with E-state index in [4.69, 9.17) is 23.2 Å². The highest BCUT2D eigenvalue weighted by Crippen LogP contribution is 2.65. The normalized spacial score (nSPS) is 28.1. The molecule has 0 aromatic heterocycles. The summed E-state index contributed by atoms with van der Waals surface area (Å²) in [6, 6.07) is 13.9. The Bertz CT molecular complexity index is 1350. The summed E-state index contributed by atoms with van der Waals surface area (Å²) in [5.41, 5.74) is 0.753. The van der Waals surface area contributed by atoms with E-state index in [-0.39, 0.29) is 30.0 Å². The van der Waals surface area contributed by atoms with Crippen LogP contribution in [0.1, 0.15) is 62.1 Å². The number of amides is 1. The molecule has 7 nitrogen and oxygen atoms in total. The Labute approximate surface area is 233 Å². The first-order valence-electron chi connectivity index (χ1n) is 13.0. The lowest BCUT2D eigenvalue weighted by molar-refractivity contribution is -0.154. The molecule has 1 aliphatic heterocycles. The predicted octanol–water partition coefficient (Wildman–Crippen LogP) is 5.34. The van der Waals surface area contributed by atoms with Crippen molar-refractivity contribution in [1.82, 2.24) is 9.21 Å². The molecule has 3 aliphatic rings. The van der Waals surface area contributed by atoms with Crippen molar-refractivity contribution in [1.29, 1.82) is 0 Å². The zero-order chi connectivity index (χ0) is 27.4. The average molecular weight is 580 g/mol. The van der Waals surface area contributed by atoms with Crippen molar-refractivity contribution in [3.63, 3.8) is 0 Å². The van der Waals surface area contributed by atoms with Gasteiger partial charge >= 0.3 is 5.97 Å². The highest BCUT2D eigenvalue weighted by atomic mass is 35.5. The minimum atomic E-state index is -3.46. The third kappa shape index (κ3) is 4.85. The highest BCUT2D eigenvalue weighted by molar-refractivity contribution is 7.90. The van der Waals surface area contributed by atoms with Crippen molar-refractivity contribution < 1.29 is 23.1 Å². The number of benzene rings is 2. The summed E-state index contributed by atoms with van der Waals surface area (Å²) in [5, 5.41) is 10.7. The molecule has 5 atom stereocenters. The van der Waals surface area contributed by atoms with Gasteiger partial charge in [-0.15, -0.1) is 0 Å². The number of nitrogens with zero attached hydrogens (tertiary/aromatic N) is 2. The molecular formula is C28H32Cl2N2O5S. The number of carbonyl (C=O) groups is 2. The van der Waals surface area contributed by atoms with E-state index in [0.717, 1.165) is 11.1 Å². The van der Waals surface area contributed by atoms with Crippen molar-refractivity contribution in [2.24, 2.45) is 11.3 Å². The maximum absolute atomic E-state index is 14.3. The van der Waals surface area contributed by atoms with Crippen LogP contribution < -0.4 is 0 Å². The van der Waals surface area contributed by atoms with Gasteiger partial charge in [-0.3, -0.25) is 9.59 Å². The van der Waals surface area contributed by atoms with Crippen LogP contribution in [0.4, 0.5) is 0 Å². The molecule has 2 aromatic carbocycles. The Morgan fingerprint density at radius 1 is 1.11 bits per heavy atom. The summed E-state index contributed by atoms with van der Waals surface area (Å²) < 4.78 is 27.4. The Morgan fingerprint density at radius 3 is 2.34 bits per heavy atom. The molecule has 0 bridgehead atoms. The fraction of sp³-hybridized carbons (Fsp3) is 0.500. The van der Waals surface area contributed by atoms with Crippen LogP contribution in [0.3, 0.4) is 0 Å². The van der Waals surface area contributed by atoms with Crippen molar-refractivity contribution in [3.05, 3.63) is 69.7 Å². The summed E-state index contributed by atoms with van der Waals surface area (Å²) in [4.78, 5) is 28.2. The second kappa shape index (κ2) is 10.1. The van der Waals surface area contributed by atoms with E-state index in [0.29, 0.717) is 35.7 Å². The van der Waals surface area contributed by atoms with Crippen LogP contribution in [0.15, 0.2) is 48.5 Å².